The third kappa shape index (κ3) is 3.72. The smallest absolute Gasteiger partial charge is 0.191 e. The summed E-state index contributed by atoms with van der Waals surface area (Å²) < 4.78 is 24.9. The van der Waals surface area contributed by atoms with E-state index in [2.05, 4.69) is 24.0 Å². The molecule has 0 N–H and O–H groups in total. The van der Waals surface area contributed by atoms with Gasteiger partial charge in [-0.3, -0.25) is 0 Å². The summed E-state index contributed by atoms with van der Waals surface area (Å²) in [5, 5.41) is 9.86. The topological polar surface area (TPSA) is 64.8 Å². The zero-order valence-electron chi connectivity index (χ0n) is 11.7. The largest absolute Gasteiger partial charge is 0.309 e. The Balaban J connectivity index is 2.02. The number of sulfone groups is 1. The molecule has 0 amide bonds. The van der Waals surface area contributed by atoms with Crippen LogP contribution in [0.5, 0.6) is 0 Å². The molecule has 19 heavy (non-hydrogen) atoms. The molecule has 1 fully saturated rings. The lowest BCUT2D eigenvalue weighted by molar-refractivity contribution is 0.552. The molecule has 2 unspecified atom stereocenters. The van der Waals surface area contributed by atoms with Crippen LogP contribution in [0, 0.1) is 5.92 Å². The molecular formula is C12H21N3O2S2. The van der Waals surface area contributed by atoms with Gasteiger partial charge >= 0.3 is 0 Å². The van der Waals surface area contributed by atoms with E-state index < -0.39 is 9.84 Å². The summed E-state index contributed by atoms with van der Waals surface area (Å²) in [5.41, 5.74) is 0. The van der Waals surface area contributed by atoms with E-state index in [0.717, 1.165) is 23.8 Å². The van der Waals surface area contributed by atoms with Crippen LogP contribution in [0.1, 0.15) is 32.5 Å². The average Bonchev–Trinajstić information content (AvgIpc) is 2.86. The Morgan fingerprint density at radius 2 is 2.21 bits per heavy atom. The summed E-state index contributed by atoms with van der Waals surface area (Å²) in [7, 11) is -0.845. The fourth-order valence-corrected chi connectivity index (χ4v) is 4.92. The van der Waals surface area contributed by atoms with Crippen LogP contribution in [0.25, 0.3) is 0 Å². The second-order valence-corrected chi connectivity index (χ2v) is 8.90. The van der Waals surface area contributed by atoms with E-state index in [1.165, 1.54) is 0 Å². The van der Waals surface area contributed by atoms with Crippen molar-refractivity contribution in [2.24, 2.45) is 13.0 Å². The second kappa shape index (κ2) is 5.83. The van der Waals surface area contributed by atoms with Gasteiger partial charge in [0.15, 0.2) is 15.0 Å². The van der Waals surface area contributed by atoms with Gasteiger partial charge < -0.3 is 4.57 Å². The third-order valence-corrected chi connectivity index (χ3v) is 6.74. The van der Waals surface area contributed by atoms with Gasteiger partial charge in [-0.1, -0.05) is 25.6 Å². The lowest BCUT2D eigenvalue weighted by atomic mass is 10.1. The minimum Gasteiger partial charge on any atom is -0.309 e. The van der Waals surface area contributed by atoms with E-state index in [9.17, 15) is 8.42 Å². The molecule has 0 radical (unpaired) electrons. The molecule has 7 heteroatoms. The minimum absolute atomic E-state index is 0.203. The van der Waals surface area contributed by atoms with Crippen LogP contribution >= 0.6 is 11.8 Å². The van der Waals surface area contributed by atoms with Crippen molar-refractivity contribution in [1.82, 2.24) is 14.8 Å². The van der Waals surface area contributed by atoms with Crippen LogP contribution in [-0.2, 0) is 23.3 Å². The number of hydrogen-bond acceptors (Lipinski definition) is 5. The Morgan fingerprint density at radius 1 is 1.47 bits per heavy atom. The summed E-state index contributed by atoms with van der Waals surface area (Å²) in [4.78, 5) is 0. The van der Waals surface area contributed by atoms with E-state index in [0.29, 0.717) is 23.2 Å². The molecule has 0 aliphatic carbocycles. The van der Waals surface area contributed by atoms with Gasteiger partial charge in [-0.15, -0.1) is 10.2 Å². The highest BCUT2D eigenvalue weighted by atomic mass is 32.2. The van der Waals surface area contributed by atoms with Gasteiger partial charge in [0.05, 0.1) is 11.5 Å². The Kier molecular flexibility index (Phi) is 4.55. The maximum absolute atomic E-state index is 11.5. The summed E-state index contributed by atoms with van der Waals surface area (Å²) in [6, 6.07) is 0. The summed E-state index contributed by atoms with van der Waals surface area (Å²) in [6.07, 6.45) is 2.56. The number of hydrogen-bond donors (Lipinski definition) is 0. The van der Waals surface area contributed by atoms with Gasteiger partial charge in [-0.25, -0.2) is 8.42 Å². The van der Waals surface area contributed by atoms with Crippen molar-refractivity contribution in [1.29, 1.82) is 0 Å². The highest BCUT2D eigenvalue weighted by molar-refractivity contribution is 7.99. The second-order valence-electron chi connectivity index (χ2n) is 5.27. The zero-order valence-corrected chi connectivity index (χ0v) is 13.3. The van der Waals surface area contributed by atoms with Gasteiger partial charge in [0.1, 0.15) is 5.82 Å². The van der Waals surface area contributed by atoms with E-state index in [4.69, 9.17) is 0 Å². The van der Waals surface area contributed by atoms with Gasteiger partial charge in [0, 0.05) is 18.7 Å². The maximum Gasteiger partial charge on any atom is 0.191 e. The normalized spacial score (nSPS) is 23.6. The predicted molar refractivity (Wildman–Crippen MR) is 77.1 cm³/mol. The summed E-state index contributed by atoms with van der Waals surface area (Å²) in [5.74, 6) is 1.72. The molecular weight excluding hydrogens is 282 g/mol. The Labute approximate surface area is 119 Å². The Hall–Kier alpha value is -0.560. The van der Waals surface area contributed by atoms with Crippen molar-refractivity contribution in [2.45, 2.75) is 43.5 Å². The quantitative estimate of drug-likeness (QED) is 0.774. The Morgan fingerprint density at radius 3 is 2.79 bits per heavy atom. The molecule has 2 atom stereocenters. The molecule has 1 saturated heterocycles. The monoisotopic (exact) mass is 303 g/mol. The first-order valence-corrected chi connectivity index (χ1v) is 9.36. The van der Waals surface area contributed by atoms with Crippen LogP contribution < -0.4 is 0 Å². The molecule has 2 rings (SSSR count). The molecule has 108 valence electrons. The highest BCUT2D eigenvalue weighted by Crippen LogP contribution is 2.26. The van der Waals surface area contributed by atoms with Crippen molar-refractivity contribution in [3.05, 3.63) is 5.82 Å². The molecule has 5 nitrogen and oxygen atoms in total. The third-order valence-electron chi connectivity index (χ3n) is 3.60. The molecule has 0 aromatic carbocycles. The predicted octanol–water partition coefficient (Wildman–Crippen LogP) is 1.68. The zero-order chi connectivity index (χ0) is 14.0. The number of nitrogens with zero attached hydrogens (tertiary/aromatic N) is 3. The minimum atomic E-state index is -2.81. The summed E-state index contributed by atoms with van der Waals surface area (Å²) in [6.45, 7) is 4.32. The number of thioether (sulfide) groups is 1. The van der Waals surface area contributed by atoms with E-state index >= 15 is 0 Å². The van der Waals surface area contributed by atoms with Gasteiger partial charge in [-0.2, -0.15) is 0 Å². The Bertz CT molecular complexity index is 539. The fraction of sp³-hybridized carbons (Fsp3) is 0.833. The SMILES string of the molecule is CCC(C)Sc1nnc(CC2CCS(=O)(=O)C2)n1C. The molecule has 0 spiro atoms. The van der Waals surface area contributed by atoms with E-state index in [-0.39, 0.29) is 5.92 Å². The molecule has 1 aliphatic rings. The standard InChI is InChI=1S/C12H21N3O2S2/c1-4-9(2)18-12-14-13-11(15(12)3)7-10-5-6-19(16,17)8-10/h9-10H,4-8H2,1-3H3. The fourth-order valence-electron chi connectivity index (χ4n) is 2.18. The van der Waals surface area contributed by atoms with Crippen molar-refractivity contribution in [3.63, 3.8) is 0 Å². The molecule has 1 aromatic rings. The van der Waals surface area contributed by atoms with Crippen LogP contribution in [0.15, 0.2) is 5.16 Å². The van der Waals surface area contributed by atoms with Crippen LogP contribution in [0.4, 0.5) is 0 Å². The van der Waals surface area contributed by atoms with Crippen LogP contribution in [-0.4, -0.2) is 39.9 Å². The van der Waals surface area contributed by atoms with Crippen molar-refractivity contribution >= 4 is 21.6 Å². The van der Waals surface area contributed by atoms with Gasteiger partial charge in [0.25, 0.3) is 0 Å². The molecule has 2 heterocycles. The lowest BCUT2D eigenvalue weighted by Gasteiger charge is -2.09. The van der Waals surface area contributed by atoms with Crippen LogP contribution in [0.3, 0.4) is 0 Å². The highest BCUT2D eigenvalue weighted by Gasteiger charge is 2.29. The molecule has 1 aromatic heterocycles. The summed E-state index contributed by atoms with van der Waals surface area (Å²) >= 11 is 1.72. The van der Waals surface area contributed by atoms with Crippen molar-refractivity contribution < 1.29 is 8.42 Å². The molecule has 1 aliphatic heterocycles. The lowest BCUT2D eigenvalue weighted by Crippen LogP contribution is -2.11. The maximum atomic E-state index is 11.5. The number of rotatable bonds is 5. The first-order chi connectivity index (χ1) is 8.91. The average molecular weight is 303 g/mol. The number of aromatic nitrogens is 3. The van der Waals surface area contributed by atoms with Crippen molar-refractivity contribution in [2.75, 3.05) is 11.5 Å². The first kappa shape index (κ1) is 14.8. The van der Waals surface area contributed by atoms with Gasteiger partial charge in [-0.05, 0) is 18.8 Å². The van der Waals surface area contributed by atoms with E-state index in [1.54, 1.807) is 11.8 Å². The van der Waals surface area contributed by atoms with E-state index in [1.807, 2.05) is 11.6 Å². The van der Waals surface area contributed by atoms with Crippen LogP contribution in [0.2, 0.25) is 0 Å². The van der Waals surface area contributed by atoms with Gasteiger partial charge in [0.2, 0.25) is 0 Å². The first-order valence-electron chi connectivity index (χ1n) is 6.66. The molecule has 0 saturated carbocycles. The van der Waals surface area contributed by atoms with Crippen molar-refractivity contribution in [3.8, 4) is 0 Å². The molecule has 0 bridgehead atoms.